The van der Waals surface area contributed by atoms with E-state index in [-0.39, 0.29) is 24.3 Å². The average molecular weight is 310 g/mol. The Hall–Kier alpha value is -2.98. The monoisotopic (exact) mass is 310 g/mol. The maximum atomic E-state index is 12.1. The van der Waals surface area contributed by atoms with E-state index in [0.717, 1.165) is 13.8 Å². The summed E-state index contributed by atoms with van der Waals surface area (Å²) in [7, 11) is 3.96. The van der Waals surface area contributed by atoms with Crippen LogP contribution in [-0.2, 0) is 35.0 Å². The van der Waals surface area contributed by atoms with Gasteiger partial charge in [0.2, 0.25) is 5.91 Å². The Morgan fingerprint density at radius 1 is 1.23 bits per heavy atom. The summed E-state index contributed by atoms with van der Waals surface area (Å²) in [6.45, 7) is -0.612. The third-order valence-electron chi connectivity index (χ3n) is 3.07. The van der Waals surface area contributed by atoms with E-state index in [2.05, 4.69) is 20.4 Å². The van der Waals surface area contributed by atoms with Crippen LogP contribution in [0.15, 0.2) is 9.59 Å². The molecule has 0 aliphatic heterocycles. The van der Waals surface area contributed by atoms with Crippen LogP contribution < -0.4 is 16.6 Å². The van der Waals surface area contributed by atoms with Gasteiger partial charge in [-0.1, -0.05) is 5.21 Å². The third-order valence-corrected chi connectivity index (χ3v) is 3.07. The molecule has 0 bridgehead atoms. The summed E-state index contributed by atoms with van der Waals surface area (Å²) >= 11 is 0. The van der Waals surface area contributed by atoms with Gasteiger partial charge in [0.05, 0.1) is 7.11 Å². The number of hydrogen-bond donors (Lipinski definition) is 1. The predicted molar refractivity (Wildman–Crippen MR) is 73.0 cm³/mol. The van der Waals surface area contributed by atoms with Crippen LogP contribution in [0, 0.1) is 0 Å². The van der Waals surface area contributed by atoms with Crippen molar-refractivity contribution in [3.05, 3.63) is 20.8 Å². The molecule has 2 rings (SSSR count). The Bertz CT molecular complexity index is 860. The summed E-state index contributed by atoms with van der Waals surface area (Å²) in [5.41, 5.74) is -1.05. The number of ether oxygens (including phenoxy) is 1. The Balaban J connectivity index is 2.34. The van der Waals surface area contributed by atoms with Gasteiger partial charge in [-0.2, -0.15) is 0 Å². The Kier molecular flexibility index (Phi) is 4.06. The number of hydrogen-bond acceptors (Lipinski definition) is 7. The number of amides is 1. The number of carbonyl (C=O) groups is 2. The first-order chi connectivity index (χ1) is 10.4. The number of rotatable bonds is 4. The zero-order chi connectivity index (χ0) is 16.4. The highest BCUT2D eigenvalue weighted by atomic mass is 16.5. The van der Waals surface area contributed by atoms with Crippen molar-refractivity contribution < 1.29 is 14.3 Å². The molecule has 1 N–H and O–H groups in total. The zero-order valence-electron chi connectivity index (χ0n) is 12.2. The number of aryl methyl sites for hydroxylation is 1. The minimum absolute atomic E-state index is 0.0258. The quantitative estimate of drug-likeness (QED) is 0.600. The first kappa shape index (κ1) is 15.4. The van der Waals surface area contributed by atoms with Crippen LogP contribution in [-0.4, -0.2) is 49.7 Å². The van der Waals surface area contributed by atoms with Crippen LogP contribution >= 0.6 is 0 Å². The van der Waals surface area contributed by atoms with Crippen LogP contribution in [0.25, 0.3) is 11.2 Å². The molecule has 22 heavy (non-hydrogen) atoms. The van der Waals surface area contributed by atoms with Gasteiger partial charge >= 0.3 is 11.7 Å². The Morgan fingerprint density at radius 3 is 2.55 bits per heavy atom. The molecule has 11 nitrogen and oxygen atoms in total. The first-order valence-corrected chi connectivity index (χ1v) is 6.19. The molecule has 0 aliphatic carbocycles. The highest BCUT2D eigenvalue weighted by molar-refractivity contribution is 5.82. The van der Waals surface area contributed by atoms with Crippen LogP contribution in [0.5, 0.6) is 0 Å². The van der Waals surface area contributed by atoms with Gasteiger partial charge in [0.25, 0.3) is 5.56 Å². The maximum Gasteiger partial charge on any atom is 0.332 e. The molecule has 1 amide bonds. The molecule has 0 saturated heterocycles. The van der Waals surface area contributed by atoms with E-state index in [4.69, 9.17) is 0 Å². The molecule has 11 heteroatoms. The van der Waals surface area contributed by atoms with Crippen LogP contribution in [0.2, 0.25) is 0 Å². The van der Waals surface area contributed by atoms with Crippen LogP contribution in [0.1, 0.15) is 0 Å². The van der Waals surface area contributed by atoms with Gasteiger partial charge in [-0.3, -0.25) is 23.5 Å². The third kappa shape index (κ3) is 2.60. The first-order valence-electron chi connectivity index (χ1n) is 6.19. The Labute approximate surface area is 123 Å². The highest BCUT2D eigenvalue weighted by Gasteiger charge is 2.17. The molecule has 0 spiro atoms. The predicted octanol–water partition coefficient (Wildman–Crippen LogP) is -2.88. The second kappa shape index (κ2) is 5.79. The lowest BCUT2D eigenvalue weighted by Gasteiger charge is -2.05. The molecular weight excluding hydrogens is 296 g/mol. The normalized spacial score (nSPS) is 10.7. The summed E-state index contributed by atoms with van der Waals surface area (Å²) in [5, 5.41) is 9.76. The molecule has 0 fully saturated rings. The molecule has 2 aromatic rings. The lowest BCUT2D eigenvalue weighted by molar-refractivity contribution is -0.141. The fraction of sp³-hybridized carbons (Fsp3) is 0.455. The van der Waals surface area contributed by atoms with Crippen molar-refractivity contribution >= 4 is 23.0 Å². The van der Waals surface area contributed by atoms with Gasteiger partial charge in [-0.15, -0.1) is 5.10 Å². The van der Waals surface area contributed by atoms with E-state index in [1.54, 1.807) is 0 Å². The average Bonchev–Trinajstić information content (AvgIpc) is 2.92. The molecule has 0 aliphatic rings. The van der Waals surface area contributed by atoms with Crippen LogP contribution in [0.4, 0.5) is 0 Å². The smallest absolute Gasteiger partial charge is 0.332 e. The number of methoxy groups -OCH3 is 1. The van der Waals surface area contributed by atoms with Crippen molar-refractivity contribution in [1.82, 2.24) is 29.4 Å². The standard InChI is InChI=1S/C11H14N6O5/c1-15-9-8(10(20)16(2)11(15)21)17(14-13-9)5-6(18)12-4-7(19)22-3/h4-5H2,1-3H3,(H,12,18). The van der Waals surface area contributed by atoms with E-state index in [9.17, 15) is 19.2 Å². The maximum absolute atomic E-state index is 12.1. The topological polar surface area (TPSA) is 130 Å². The lowest BCUT2D eigenvalue weighted by atomic mass is 10.4. The van der Waals surface area contributed by atoms with Gasteiger partial charge < -0.3 is 10.1 Å². The SMILES string of the molecule is COC(=O)CNC(=O)Cn1nnc2c1c(=O)n(C)c(=O)n2C. The van der Waals surface area contributed by atoms with E-state index < -0.39 is 23.1 Å². The molecule has 0 aromatic carbocycles. The molecule has 2 aromatic heterocycles. The van der Waals surface area contributed by atoms with Crippen molar-refractivity contribution in [3.63, 3.8) is 0 Å². The molecule has 0 unspecified atom stereocenters. The zero-order valence-corrected chi connectivity index (χ0v) is 12.2. The van der Waals surface area contributed by atoms with E-state index in [0.29, 0.717) is 0 Å². The molecule has 0 radical (unpaired) electrons. The molecule has 0 saturated carbocycles. The largest absolute Gasteiger partial charge is 0.468 e. The Morgan fingerprint density at radius 2 is 1.91 bits per heavy atom. The van der Waals surface area contributed by atoms with Crippen molar-refractivity contribution in [1.29, 1.82) is 0 Å². The summed E-state index contributed by atoms with van der Waals surface area (Å²) < 4.78 is 7.52. The van der Waals surface area contributed by atoms with Gasteiger partial charge in [-0.25, -0.2) is 9.48 Å². The summed E-state index contributed by atoms with van der Waals surface area (Å²) in [6.07, 6.45) is 0. The van der Waals surface area contributed by atoms with Crippen molar-refractivity contribution in [2.45, 2.75) is 6.54 Å². The summed E-state index contributed by atoms with van der Waals surface area (Å²) in [6, 6.07) is 0. The summed E-state index contributed by atoms with van der Waals surface area (Å²) in [5.74, 6) is -1.15. The van der Waals surface area contributed by atoms with Gasteiger partial charge in [0, 0.05) is 14.1 Å². The van der Waals surface area contributed by atoms with Crippen molar-refractivity contribution in [3.8, 4) is 0 Å². The van der Waals surface area contributed by atoms with Crippen molar-refractivity contribution in [2.24, 2.45) is 14.1 Å². The molecule has 118 valence electrons. The number of esters is 1. The minimum Gasteiger partial charge on any atom is -0.468 e. The van der Waals surface area contributed by atoms with Gasteiger partial charge in [-0.05, 0) is 0 Å². The van der Waals surface area contributed by atoms with E-state index in [1.807, 2.05) is 0 Å². The van der Waals surface area contributed by atoms with Crippen molar-refractivity contribution in [2.75, 3.05) is 13.7 Å². The number of nitrogens with zero attached hydrogens (tertiary/aromatic N) is 5. The van der Waals surface area contributed by atoms with E-state index >= 15 is 0 Å². The number of aromatic nitrogens is 5. The van der Waals surface area contributed by atoms with Gasteiger partial charge in [0.15, 0.2) is 11.2 Å². The van der Waals surface area contributed by atoms with Crippen LogP contribution in [0.3, 0.4) is 0 Å². The number of carbonyl (C=O) groups excluding carboxylic acids is 2. The van der Waals surface area contributed by atoms with E-state index in [1.165, 1.54) is 21.2 Å². The molecule has 2 heterocycles. The number of nitrogens with one attached hydrogen (secondary N) is 1. The number of fused-ring (bicyclic) bond motifs is 1. The summed E-state index contributed by atoms with van der Waals surface area (Å²) in [4.78, 5) is 46.6. The fourth-order valence-electron chi connectivity index (χ4n) is 1.84. The minimum atomic E-state index is -0.608. The van der Waals surface area contributed by atoms with Gasteiger partial charge in [0.1, 0.15) is 13.1 Å². The fourth-order valence-corrected chi connectivity index (χ4v) is 1.84. The molecular formula is C11H14N6O5. The second-order valence-electron chi connectivity index (χ2n) is 4.48. The lowest BCUT2D eigenvalue weighted by Crippen LogP contribution is -2.38. The molecule has 0 atom stereocenters. The highest BCUT2D eigenvalue weighted by Crippen LogP contribution is 2.02. The second-order valence-corrected chi connectivity index (χ2v) is 4.48.